The number of piperidine rings is 1. The van der Waals surface area contributed by atoms with Gasteiger partial charge in [0.05, 0.1) is 7.11 Å². The summed E-state index contributed by atoms with van der Waals surface area (Å²) in [4.78, 5) is 0. The number of rotatable bonds is 4. The fourth-order valence-electron chi connectivity index (χ4n) is 2.48. The smallest absolute Gasteiger partial charge is 0.123 e. The van der Waals surface area contributed by atoms with Crippen molar-refractivity contribution in [1.82, 2.24) is 10.6 Å². The summed E-state index contributed by atoms with van der Waals surface area (Å²) in [5.41, 5.74) is 0.878. The summed E-state index contributed by atoms with van der Waals surface area (Å²) < 4.78 is 18.6. The molecule has 0 amide bonds. The Hall–Kier alpha value is -1.13. The quantitative estimate of drug-likeness (QED) is 0.862. The van der Waals surface area contributed by atoms with E-state index in [0.29, 0.717) is 6.04 Å². The van der Waals surface area contributed by atoms with Gasteiger partial charge in [0.15, 0.2) is 0 Å². The Kier molecular flexibility index (Phi) is 4.55. The monoisotopic (exact) mass is 252 g/mol. The van der Waals surface area contributed by atoms with Gasteiger partial charge in [0.2, 0.25) is 0 Å². The van der Waals surface area contributed by atoms with Crippen LogP contribution in [0, 0.1) is 5.82 Å². The molecule has 3 nitrogen and oxygen atoms in total. The van der Waals surface area contributed by atoms with E-state index < -0.39 is 0 Å². The highest BCUT2D eigenvalue weighted by Crippen LogP contribution is 2.26. The molecule has 2 rings (SSSR count). The molecule has 1 aromatic carbocycles. The van der Waals surface area contributed by atoms with Crippen molar-refractivity contribution in [3.8, 4) is 5.75 Å². The molecule has 0 aromatic heterocycles. The number of benzene rings is 1. The molecule has 2 unspecified atom stereocenters. The van der Waals surface area contributed by atoms with E-state index in [9.17, 15) is 4.39 Å². The molecule has 1 saturated heterocycles. The second kappa shape index (κ2) is 6.16. The van der Waals surface area contributed by atoms with Crippen LogP contribution in [0.1, 0.15) is 31.4 Å². The van der Waals surface area contributed by atoms with E-state index in [1.54, 1.807) is 19.2 Å². The zero-order chi connectivity index (χ0) is 13.0. The Balaban J connectivity index is 2.07. The molecule has 0 spiro atoms. The topological polar surface area (TPSA) is 33.3 Å². The van der Waals surface area contributed by atoms with Gasteiger partial charge in [-0.15, -0.1) is 0 Å². The minimum absolute atomic E-state index is 0.0838. The molecule has 1 aliphatic rings. The SMILES string of the molecule is COc1ccc(F)cc1C(C)NC1CCCNC1. The lowest BCUT2D eigenvalue weighted by Crippen LogP contribution is -2.44. The average molecular weight is 252 g/mol. The van der Waals surface area contributed by atoms with Gasteiger partial charge in [0.25, 0.3) is 0 Å². The number of hydrogen-bond acceptors (Lipinski definition) is 3. The third-order valence-corrected chi connectivity index (χ3v) is 3.44. The lowest BCUT2D eigenvalue weighted by atomic mass is 10.0. The van der Waals surface area contributed by atoms with Gasteiger partial charge < -0.3 is 15.4 Å². The molecule has 0 radical (unpaired) electrons. The van der Waals surface area contributed by atoms with Gasteiger partial charge in [-0.1, -0.05) is 0 Å². The standard InChI is InChI=1S/C14H21FN2O/c1-10(17-12-4-3-7-16-9-12)13-8-11(15)5-6-14(13)18-2/h5-6,8,10,12,16-17H,3-4,7,9H2,1-2H3. The van der Waals surface area contributed by atoms with Gasteiger partial charge in [-0.2, -0.15) is 0 Å². The van der Waals surface area contributed by atoms with Crippen LogP contribution in [0.2, 0.25) is 0 Å². The van der Waals surface area contributed by atoms with E-state index in [-0.39, 0.29) is 11.9 Å². The maximum Gasteiger partial charge on any atom is 0.123 e. The zero-order valence-corrected chi connectivity index (χ0v) is 11.0. The van der Waals surface area contributed by atoms with Crippen LogP contribution in [-0.2, 0) is 0 Å². The molecule has 1 fully saturated rings. The molecule has 1 aliphatic heterocycles. The highest BCUT2D eigenvalue weighted by Gasteiger charge is 2.18. The lowest BCUT2D eigenvalue weighted by Gasteiger charge is -2.28. The Morgan fingerprint density at radius 3 is 3.00 bits per heavy atom. The Labute approximate surface area is 108 Å². The molecule has 2 atom stereocenters. The minimum atomic E-state index is -0.221. The van der Waals surface area contributed by atoms with Crippen LogP contribution in [0.5, 0.6) is 5.75 Å². The minimum Gasteiger partial charge on any atom is -0.496 e. The number of methoxy groups -OCH3 is 1. The van der Waals surface area contributed by atoms with Gasteiger partial charge in [0.1, 0.15) is 11.6 Å². The lowest BCUT2D eigenvalue weighted by molar-refractivity contribution is 0.351. The molecule has 1 aromatic rings. The first-order valence-electron chi connectivity index (χ1n) is 6.51. The van der Waals surface area contributed by atoms with E-state index in [1.165, 1.54) is 12.5 Å². The van der Waals surface area contributed by atoms with Crippen molar-refractivity contribution < 1.29 is 9.13 Å². The van der Waals surface area contributed by atoms with Crippen LogP contribution < -0.4 is 15.4 Å². The maximum absolute atomic E-state index is 13.3. The Bertz CT molecular complexity index is 391. The van der Waals surface area contributed by atoms with E-state index in [0.717, 1.165) is 30.8 Å². The normalized spacial score (nSPS) is 21.6. The molecule has 18 heavy (non-hydrogen) atoms. The van der Waals surface area contributed by atoms with Gasteiger partial charge in [-0.3, -0.25) is 0 Å². The highest BCUT2D eigenvalue weighted by atomic mass is 19.1. The van der Waals surface area contributed by atoms with E-state index in [4.69, 9.17) is 4.74 Å². The Morgan fingerprint density at radius 1 is 1.50 bits per heavy atom. The van der Waals surface area contributed by atoms with Crippen molar-refractivity contribution >= 4 is 0 Å². The highest BCUT2D eigenvalue weighted by molar-refractivity contribution is 5.36. The molecule has 0 bridgehead atoms. The summed E-state index contributed by atoms with van der Waals surface area (Å²) in [6.07, 6.45) is 2.35. The fourth-order valence-corrected chi connectivity index (χ4v) is 2.48. The van der Waals surface area contributed by atoms with Crippen LogP contribution >= 0.6 is 0 Å². The summed E-state index contributed by atoms with van der Waals surface area (Å²) in [5, 5.41) is 6.89. The van der Waals surface area contributed by atoms with Crippen molar-refractivity contribution in [3.05, 3.63) is 29.6 Å². The first kappa shape index (κ1) is 13.3. The zero-order valence-electron chi connectivity index (χ0n) is 11.0. The van der Waals surface area contributed by atoms with Crippen molar-refractivity contribution in [2.24, 2.45) is 0 Å². The molecule has 1 heterocycles. The first-order chi connectivity index (χ1) is 8.70. The molecular weight excluding hydrogens is 231 g/mol. The maximum atomic E-state index is 13.3. The summed E-state index contributed by atoms with van der Waals surface area (Å²) in [5.74, 6) is 0.515. The third kappa shape index (κ3) is 3.21. The summed E-state index contributed by atoms with van der Waals surface area (Å²) >= 11 is 0. The van der Waals surface area contributed by atoms with E-state index >= 15 is 0 Å². The molecule has 0 saturated carbocycles. The summed E-state index contributed by atoms with van der Waals surface area (Å²) in [6.45, 7) is 4.11. The van der Waals surface area contributed by atoms with Crippen molar-refractivity contribution in [2.75, 3.05) is 20.2 Å². The van der Waals surface area contributed by atoms with Gasteiger partial charge in [-0.05, 0) is 44.5 Å². The molecule has 2 N–H and O–H groups in total. The van der Waals surface area contributed by atoms with E-state index in [2.05, 4.69) is 10.6 Å². The summed E-state index contributed by atoms with van der Waals surface area (Å²) in [7, 11) is 1.62. The van der Waals surface area contributed by atoms with Crippen LogP contribution in [-0.4, -0.2) is 26.2 Å². The predicted molar refractivity (Wildman–Crippen MR) is 70.4 cm³/mol. The van der Waals surface area contributed by atoms with Crippen LogP contribution in [0.25, 0.3) is 0 Å². The van der Waals surface area contributed by atoms with Gasteiger partial charge >= 0.3 is 0 Å². The molecule has 4 heteroatoms. The van der Waals surface area contributed by atoms with Crippen LogP contribution in [0.15, 0.2) is 18.2 Å². The second-order valence-electron chi connectivity index (χ2n) is 4.82. The average Bonchev–Trinajstić information content (AvgIpc) is 2.40. The van der Waals surface area contributed by atoms with Crippen LogP contribution in [0.3, 0.4) is 0 Å². The second-order valence-corrected chi connectivity index (χ2v) is 4.82. The number of hydrogen-bond donors (Lipinski definition) is 2. The Morgan fingerprint density at radius 2 is 2.33 bits per heavy atom. The largest absolute Gasteiger partial charge is 0.496 e. The first-order valence-corrected chi connectivity index (χ1v) is 6.51. The predicted octanol–water partition coefficient (Wildman–Crippen LogP) is 2.24. The van der Waals surface area contributed by atoms with Crippen LogP contribution in [0.4, 0.5) is 4.39 Å². The van der Waals surface area contributed by atoms with Crippen molar-refractivity contribution in [2.45, 2.75) is 31.8 Å². The number of nitrogens with one attached hydrogen (secondary N) is 2. The van der Waals surface area contributed by atoms with Gasteiger partial charge in [0, 0.05) is 24.2 Å². The molecule has 100 valence electrons. The van der Waals surface area contributed by atoms with Gasteiger partial charge in [-0.25, -0.2) is 4.39 Å². The van der Waals surface area contributed by atoms with E-state index in [1.807, 2.05) is 6.92 Å². The molecule has 0 aliphatic carbocycles. The molecular formula is C14H21FN2O. The summed E-state index contributed by atoms with van der Waals surface area (Å²) in [6, 6.07) is 5.19. The fraction of sp³-hybridized carbons (Fsp3) is 0.571. The van der Waals surface area contributed by atoms with Crippen molar-refractivity contribution in [1.29, 1.82) is 0 Å². The van der Waals surface area contributed by atoms with Crippen molar-refractivity contribution in [3.63, 3.8) is 0 Å². The number of halogens is 1. The third-order valence-electron chi connectivity index (χ3n) is 3.44. The number of ether oxygens (including phenoxy) is 1.